The third kappa shape index (κ3) is 3.52. The first-order valence-corrected chi connectivity index (χ1v) is 8.56. The van der Waals surface area contributed by atoms with Crippen molar-refractivity contribution in [3.8, 4) is 6.07 Å². The maximum absolute atomic E-state index is 12.6. The van der Waals surface area contributed by atoms with Crippen LogP contribution in [0.25, 0.3) is 17.0 Å². The van der Waals surface area contributed by atoms with Crippen molar-refractivity contribution in [2.24, 2.45) is 0 Å². The minimum absolute atomic E-state index is 0.0943. The molecule has 26 heavy (non-hydrogen) atoms. The molecule has 130 valence electrons. The Morgan fingerprint density at radius 1 is 1.15 bits per heavy atom. The van der Waals surface area contributed by atoms with Gasteiger partial charge in [-0.15, -0.1) is 0 Å². The Bertz CT molecular complexity index is 1020. The zero-order chi connectivity index (χ0) is 18.7. The van der Waals surface area contributed by atoms with Gasteiger partial charge in [-0.3, -0.25) is 4.79 Å². The molecule has 3 aromatic rings. The number of para-hydroxylation sites is 1. The van der Waals surface area contributed by atoms with Gasteiger partial charge in [0.25, 0.3) is 5.91 Å². The number of nitrogens with one attached hydrogen (secondary N) is 2. The van der Waals surface area contributed by atoms with E-state index in [1.165, 1.54) is 5.56 Å². The molecular weight excluding hydrogens is 322 g/mol. The number of benzene rings is 2. The fourth-order valence-electron chi connectivity index (χ4n) is 2.99. The summed E-state index contributed by atoms with van der Waals surface area (Å²) in [6.07, 6.45) is 1.66. The van der Waals surface area contributed by atoms with Crippen LogP contribution >= 0.6 is 0 Å². The Morgan fingerprint density at radius 2 is 1.85 bits per heavy atom. The van der Waals surface area contributed by atoms with E-state index in [0.717, 1.165) is 27.7 Å². The van der Waals surface area contributed by atoms with Crippen molar-refractivity contribution in [2.45, 2.75) is 26.8 Å². The number of hydrogen-bond acceptors (Lipinski definition) is 2. The lowest BCUT2D eigenvalue weighted by Gasteiger charge is -2.14. The fraction of sp³-hybridized carbons (Fsp3) is 0.182. The van der Waals surface area contributed by atoms with Gasteiger partial charge in [-0.2, -0.15) is 5.26 Å². The minimum Gasteiger partial charge on any atom is -0.358 e. The second-order valence-electron chi connectivity index (χ2n) is 6.48. The Hall–Kier alpha value is -3.32. The van der Waals surface area contributed by atoms with Crippen molar-refractivity contribution in [1.82, 2.24) is 10.3 Å². The largest absolute Gasteiger partial charge is 0.358 e. The van der Waals surface area contributed by atoms with Crippen LogP contribution < -0.4 is 5.32 Å². The lowest BCUT2D eigenvalue weighted by Crippen LogP contribution is -2.27. The average Bonchev–Trinajstić information content (AvgIpc) is 2.95. The number of aromatic nitrogens is 1. The van der Waals surface area contributed by atoms with E-state index in [0.29, 0.717) is 0 Å². The monoisotopic (exact) mass is 343 g/mol. The molecule has 1 heterocycles. The van der Waals surface area contributed by atoms with Gasteiger partial charge in [-0.1, -0.05) is 48.0 Å². The first kappa shape index (κ1) is 17.5. The number of fused-ring (bicyclic) bond motifs is 1. The summed E-state index contributed by atoms with van der Waals surface area (Å²) < 4.78 is 0. The highest BCUT2D eigenvalue weighted by molar-refractivity contribution is 6.04. The number of hydrogen-bond donors (Lipinski definition) is 2. The number of aryl methyl sites for hydroxylation is 2. The molecule has 3 rings (SSSR count). The highest BCUT2D eigenvalue weighted by atomic mass is 16.1. The van der Waals surface area contributed by atoms with Gasteiger partial charge in [0, 0.05) is 22.2 Å². The van der Waals surface area contributed by atoms with Crippen LogP contribution in [0.3, 0.4) is 0 Å². The van der Waals surface area contributed by atoms with E-state index >= 15 is 0 Å². The molecule has 0 radical (unpaired) electrons. The number of nitrogens with zero attached hydrogens (tertiary/aromatic N) is 1. The Morgan fingerprint density at radius 3 is 2.54 bits per heavy atom. The molecule has 1 aromatic heterocycles. The second-order valence-corrected chi connectivity index (χ2v) is 6.48. The topological polar surface area (TPSA) is 68.7 Å². The number of amides is 1. The van der Waals surface area contributed by atoms with Crippen molar-refractivity contribution in [2.75, 3.05) is 0 Å². The molecule has 0 aliphatic carbocycles. The van der Waals surface area contributed by atoms with Crippen LogP contribution in [0.5, 0.6) is 0 Å². The first-order valence-electron chi connectivity index (χ1n) is 8.56. The van der Waals surface area contributed by atoms with E-state index in [2.05, 4.69) is 10.3 Å². The van der Waals surface area contributed by atoms with Crippen LogP contribution in [0.4, 0.5) is 0 Å². The third-order valence-corrected chi connectivity index (χ3v) is 4.52. The summed E-state index contributed by atoms with van der Waals surface area (Å²) in [7, 11) is 0. The van der Waals surface area contributed by atoms with Crippen molar-refractivity contribution < 1.29 is 4.79 Å². The summed E-state index contributed by atoms with van der Waals surface area (Å²) in [6.45, 7) is 5.87. The highest BCUT2D eigenvalue weighted by Crippen LogP contribution is 2.24. The maximum atomic E-state index is 12.6. The number of H-pyrrole nitrogens is 1. The summed E-state index contributed by atoms with van der Waals surface area (Å²) in [5.41, 5.74) is 5.05. The third-order valence-electron chi connectivity index (χ3n) is 4.52. The number of carbonyl (C=O) groups excluding carboxylic acids is 1. The smallest absolute Gasteiger partial charge is 0.262 e. The Labute approximate surface area is 153 Å². The molecule has 1 amide bonds. The molecule has 1 atom stereocenters. The maximum Gasteiger partial charge on any atom is 0.262 e. The summed E-state index contributed by atoms with van der Waals surface area (Å²) in [5, 5.41) is 13.4. The normalized spacial score (nSPS) is 12.6. The molecule has 0 spiro atoms. The standard InChI is InChI=1S/C22H21N3O/c1-14-8-10-17(11-9-14)15(2)25-22(26)18(13-23)12-20-16(3)24-21-7-5-4-6-19(20)21/h4-12,15,24H,1-3H3,(H,25,26)/b18-12-/t15-/m0/s1. The van der Waals surface area contributed by atoms with Crippen molar-refractivity contribution in [3.05, 3.63) is 76.5 Å². The Kier molecular flexibility index (Phi) is 4.90. The molecule has 0 fully saturated rings. The van der Waals surface area contributed by atoms with E-state index in [1.54, 1.807) is 6.08 Å². The summed E-state index contributed by atoms with van der Waals surface area (Å²) >= 11 is 0. The molecule has 0 unspecified atom stereocenters. The zero-order valence-corrected chi connectivity index (χ0v) is 15.1. The van der Waals surface area contributed by atoms with E-state index in [-0.39, 0.29) is 17.5 Å². The first-order chi connectivity index (χ1) is 12.5. The fourth-order valence-corrected chi connectivity index (χ4v) is 2.99. The van der Waals surface area contributed by atoms with Crippen molar-refractivity contribution in [3.63, 3.8) is 0 Å². The predicted molar refractivity (Wildman–Crippen MR) is 104 cm³/mol. The molecule has 4 heteroatoms. The van der Waals surface area contributed by atoms with Gasteiger partial charge in [0.2, 0.25) is 0 Å². The van der Waals surface area contributed by atoms with E-state index in [4.69, 9.17) is 0 Å². The van der Waals surface area contributed by atoms with Crippen LogP contribution in [0.2, 0.25) is 0 Å². The number of nitriles is 1. The van der Waals surface area contributed by atoms with Gasteiger partial charge >= 0.3 is 0 Å². The summed E-state index contributed by atoms with van der Waals surface area (Å²) in [4.78, 5) is 15.9. The predicted octanol–water partition coefficient (Wildman–Crippen LogP) is 4.57. The van der Waals surface area contributed by atoms with Crippen LogP contribution in [0, 0.1) is 25.2 Å². The summed E-state index contributed by atoms with van der Waals surface area (Å²) in [5.74, 6) is -0.370. The van der Waals surface area contributed by atoms with Gasteiger partial charge in [0.15, 0.2) is 0 Å². The average molecular weight is 343 g/mol. The molecule has 0 aliphatic heterocycles. The molecule has 0 saturated heterocycles. The highest BCUT2D eigenvalue weighted by Gasteiger charge is 2.15. The second kappa shape index (κ2) is 7.28. The van der Waals surface area contributed by atoms with E-state index in [1.807, 2.05) is 75.4 Å². The van der Waals surface area contributed by atoms with Crippen LogP contribution in [-0.2, 0) is 4.79 Å². The molecule has 2 aromatic carbocycles. The number of carbonyl (C=O) groups is 1. The van der Waals surface area contributed by atoms with Gasteiger partial charge in [0.1, 0.15) is 11.6 Å². The molecule has 0 bridgehead atoms. The lowest BCUT2D eigenvalue weighted by atomic mass is 10.0. The number of rotatable bonds is 4. The number of aromatic amines is 1. The van der Waals surface area contributed by atoms with Crippen molar-refractivity contribution in [1.29, 1.82) is 5.26 Å². The van der Waals surface area contributed by atoms with Gasteiger partial charge in [-0.25, -0.2) is 0 Å². The van der Waals surface area contributed by atoms with Crippen LogP contribution in [-0.4, -0.2) is 10.9 Å². The van der Waals surface area contributed by atoms with Crippen molar-refractivity contribution >= 4 is 22.9 Å². The molecule has 0 aliphatic rings. The van der Waals surface area contributed by atoms with E-state index in [9.17, 15) is 10.1 Å². The molecular formula is C22H21N3O. The van der Waals surface area contributed by atoms with Gasteiger partial charge in [-0.05, 0) is 38.5 Å². The quantitative estimate of drug-likeness (QED) is 0.538. The van der Waals surface area contributed by atoms with E-state index < -0.39 is 0 Å². The summed E-state index contributed by atoms with van der Waals surface area (Å²) in [6, 6.07) is 17.7. The molecule has 2 N–H and O–H groups in total. The lowest BCUT2D eigenvalue weighted by molar-refractivity contribution is -0.117. The van der Waals surface area contributed by atoms with Gasteiger partial charge < -0.3 is 10.3 Å². The zero-order valence-electron chi connectivity index (χ0n) is 15.1. The molecule has 0 saturated carbocycles. The van der Waals surface area contributed by atoms with Crippen LogP contribution in [0.1, 0.15) is 35.3 Å². The minimum atomic E-state index is -0.370. The molecule has 4 nitrogen and oxygen atoms in total. The van der Waals surface area contributed by atoms with Crippen LogP contribution in [0.15, 0.2) is 54.1 Å². The Balaban J connectivity index is 1.87. The van der Waals surface area contributed by atoms with Gasteiger partial charge in [0.05, 0.1) is 6.04 Å². The SMILES string of the molecule is Cc1ccc([C@H](C)NC(=O)/C(C#N)=C\c2c(C)[nH]c3ccccc23)cc1.